The summed E-state index contributed by atoms with van der Waals surface area (Å²) in [7, 11) is 1.59. The quantitative estimate of drug-likeness (QED) is 0.348. The van der Waals surface area contributed by atoms with Crippen LogP contribution in [0, 0.1) is 0 Å². The molecule has 1 saturated heterocycles. The van der Waals surface area contributed by atoms with Gasteiger partial charge in [-0.05, 0) is 81.2 Å². The zero-order valence-electron chi connectivity index (χ0n) is 23.6. The maximum Gasteiger partial charge on any atom is 0.410 e. The predicted octanol–water partition coefficient (Wildman–Crippen LogP) is 5.76. The topological polar surface area (TPSA) is 114 Å². The van der Waals surface area contributed by atoms with Crippen LogP contribution in [0.15, 0.2) is 54.7 Å². The van der Waals surface area contributed by atoms with Crippen molar-refractivity contribution in [2.24, 2.45) is 0 Å². The van der Waals surface area contributed by atoms with E-state index >= 15 is 0 Å². The predicted molar refractivity (Wildman–Crippen MR) is 153 cm³/mol. The van der Waals surface area contributed by atoms with E-state index in [9.17, 15) is 14.7 Å². The molecule has 2 N–H and O–H groups in total. The van der Waals surface area contributed by atoms with E-state index in [0.717, 1.165) is 35.3 Å². The average molecular weight is 547 g/mol. The number of hydrogen-bond acceptors (Lipinski definition) is 7. The molecule has 1 aliphatic rings. The maximum atomic E-state index is 12.4. The first-order valence-corrected chi connectivity index (χ1v) is 13.6. The number of likely N-dealkylation sites (tertiary alicyclic amines) is 1. The van der Waals surface area contributed by atoms with Crippen LogP contribution in [-0.2, 0) is 28.8 Å². The molecule has 2 heterocycles. The van der Waals surface area contributed by atoms with Crippen LogP contribution in [0.2, 0.25) is 0 Å². The molecule has 1 amide bonds. The number of ether oxygens (including phenoxy) is 2. The summed E-state index contributed by atoms with van der Waals surface area (Å²) in [5, 5.41) is 12.5. The molecule has 0 aliphatic carbocycles. The molecule has 2 aromatic carbocycles. The summed E-state index contributed by atoms with van der Waals surface area (Å²) in [5.41, 5.74) is 4.16. The highest BCUT2D eigenvalue weighted by molar-refractivity contribution is 5.70. The summed E-state index contributed by atoms with van der Waals surface area (Å²) >= 11 is 0. The van der Waals surface area contributed by atoms with Crippen LogP contribution in [0.4, 0.5) is 16.4 Å². The first-order chi connectivity index (χ1) is 19.1. The molecule has 0 spiro atoms. The number of piperidine rings is 1. The lowest BCUT2D eigenvalue weighted by atomic mass is 9.89. The van der Waals surface area contributed by atoms with Gasteiger partial charge in [-0.3, -0.25) is 4.79 Å². The molecule has 1 fully saturated rings. The molecule has 1 aliphatic heterocycles. The zero-order chi connectivity index (χ0) is 28.7. The van der Waals surface area contributed by atoms with Crippen molar-refractivity contribution in [3.05, 3.63) is 77.1 Å². The Kier molecular flexibility index (Phi) is 9.24. The number of rotatable bonds is 9. The number of hydrogen-bond donors (Lipinski definition) is 2. The van der Waals surface area contributed by atoms with Crippen molar-refractivity contribution in [3.8, 4) is 5.75 Å². The molecule has 1 aromatic heterocycles. The fourth-order valence-electron chi connectivity index (χ4n) is 4.90. The molecule has 0 saturated carbocycles. The smallest absolute Gasteiger partial charge is 0.410 e. The number of aryl methyl sites for hydroxylation is 2. The second-order valence-electron chi connectivity index (χ2n) is 11.0. The summed E-state index contributed by atoms with van der Waals surface area (Å²) in [4.78, 5) is 34.5. The van der Waals surface area contributed by atoms with Gasteiger partial charge in [0.2, 0.25) is 5.95 Å². The third-order valence-electron chi connectivity index (χ3n) is 6.93. The normalized spacial score (nSPS) is 14.1. The number of nitrogens with one attached hydrogen (secondary N) is 1. The van der Waals surface area contributed by atoms with E-state index in [1.807, 2.05) is 57.2 Å². The van der Waals surface area contributed by atoms with E-state index in [2.05, 4.69) is 22.4 Å². The van der Waals surface area contributed by atoms with Gasteiger partial charge in [-0.2, -0.15) is 0 Å². The Morgan fingerprint density at radius 2 is 1.70 bits per heavy atom. The van der Waals surface area contributed by atoms with Gasteiger partial charge in [0.15, 0.2) is 5.75 Å². The summed E-state index contributed by atoms with van der Waals surface area (Å²) in [5.74, 6) is 0.596. The lowest BCUT2D eigenvalue weighted by Crippen LogP contribution is -2.41. The molecule has 40 heavy (non-hydrogen) atoms. The molecule has 9 nitrogen and oxygen atoms in total. The number of aliphatic carboxylic acids is 1. The molecule has 0 atom stereocenters. The Hall–Kier alpha value is -4.14. The lowest BCUT2D eigenvalue weighted by Gasteiger charge is -2.33. The van der Waals surface area contributed by atoms with Crippen molar-refractivity contribution in [3.63, 3.8) is 0 Å². The Balaban J connectivity index is 1.36. The molecule has 0 bridgehead atoms. The minimum Gasteiger partial charge on any atom is -0.493 e. The van der Waals surface area contributed by atoms with E-state index in [1.165, 1.54) is 5.56 Å². The molecule has 0 unspecified atom stereocenters. The number of anilines is 2. The third-order valence-corrected chi connectivity index (χ3v) is 6.93. The SMILES string of the molecule is COc1cnc(Nc2ccc(C3CCN(C(=O)OC(C)(C)C)CC3)cc2)nc1CCc1ccccc1CC(=O)O. The van der Waals surface area contributed by atoms with Gasteiger partial charge in [0, 0.05) is 18.8 Å². The number of carbonyl (C=O) groups excluding carboxylic acids is 1. The van der Waals surface area contributed by atoms with Gasteiger partial charge < -0.3 is 24.8 Å². The summed E-state index contributed by atoms with van der Waals surface area (Å²) < 4.78 is 11.0. The van der Waals surface area contributed by atoms with Crippen LogP contribution in [0.1, 0.15) is 61.9 Å². The van der Waals surface area contributed by atoms with Crippen molar-refractivity contribution < 1.29 is 24.2 Å². The first-order valence-electron chi connectivity index (χ1n) is 13.6. The number of carbonyl (C=O) groups is 2. The second kappa shape index (κ2) is 12.8. The number of nitrogens with zero attached hydrogens (tertiary/aromatic N) is 3. The summed E-state index contributed by atoms with van der Waals surface area (Å²) in [6, 6.07) is 15.8. The molecule has 0 radical (unpaired) electrons. The van der Waals surface area contributed by atoms with Crippen molar-refractivity contribution in [2.75, 3.05) is 25.5 Å². The van der Waals surface area contributed by atoms with E-state index in [0.29, 0.717) is 43.5 Å². The number of benzene rings is 2. The van der Waals surface area contributed by atoms with Crippen LogP contribution in [0.5, 0.6) is 5.75 Å². The number of carboxylic acids is 1. The van der Waals surface area contributed by atoms with Crippen LogP contribution < -0.4 is 10.1 Å². The minimum atomic E-state index is -0.851. The Labute approximate surface area is 235 Å². The first kappa shape index (κ1) is 28.9. The highest BCUT2D eigenvalue weighted by Crippen LogP contribution is 2.30. The second-order valence-corrected chi connectivity index (χ2v) is 11.0. The van der Waals surface area contributed by atoms with Gasteiger partial charge in [0.1, 0.15) is 5.60 Å². The monoisotopic (exact) mass is 546 g/mol. The number of amides is 1. The average Bonchev–Trinajstić information content (AvgIpc) is 2.92. The molecule has 3 aromatic rings. The largest absolute Gasteiger partial charge is 0.493 e. The highest BCUT2D eigenvalue weighted by atomic mass is 16.6. The molecule has 4 rings (SSSR count). The Morgan fingerprint density at radius 1 is 1.02 bits per heavy atom. The summed E-state index contributed by atoms with van der Waals surface area (Å²) in [6.07, 6.45) is 4.41. The zero-order valence-corrected chi connectivity index (χ0v) is 23.6. The van der Waals surface area contributed by atoms with E-state index in [1.54, 1.807) is 18.2 Å². The van der Waals surface area contributed by atoms with Crippen LogP contribution in [0.3, 0.4) is 0 Å². The van der Waals surface area contributed by atoms with E-state index in [4.69, 9.17) is 14.5 Å². The van der Waals surface area contributed by atoms with Gasteiger partial charge in [0.05, 0.1) is 25.4 Å². The van der Waals surface area contributed by atoms with E-state index < -0.39 is 11.6 Å². The molecular weight excluding hydrogens is 508 g/mol. The van der Waals surface area contributed by atoms with E-state index in [-0.39, 0.29) is 12.5 Å². The van der Waals surface area contributed by atoms with Gasteiger partial charge in [-0.25, -0.2) is 14.8 Å². The van der Waals surface area contributed by atoms with Gasteiger partial charge in [-0.1, -0.05) is 36.4 Å². The van der Waals surface area contributed by atoms with Crippen molar-refractivity contribution >= 4 is 23.7 Å². The van der Waals surface area contributed by atoms with Gasteiger partial charge >= 0.3 is 12.1 Å². The minimum absolute atomic E-state index is 0.0112. The summed E-state index contributed by atoms with van der Waals surface area (Å²) in [6.45, 7) is 7.02. The Bertz CT molecular complexity index is 1310. The number of aromatic nitrogens is 2. The standard InChI is InChI=1S/C31H38N4O5/c1-31(2,3)40-30(38)35-17-15-23(16-18-35)22-9-12-25(13-10-22)33-29-32-20-27(39-4)26(34-29)14-11-21-7-5-6-8-24(21)19-28(36)37/h5-10,12-13,20,23H,11,14-19H2,1-4H3,(H,36,37)(H,32,33,34). The Morgan fingerprint density at radius 3 is 2.33 bits per heavy atom. The molecule has 212 valence electrons. The van der Waals surface area contributed by atoms with Crippen LogP contribution >= 0.6 is 0 Å². The number of methoxy groups -OCH3 is 1. The lowest BCUT2D eigenvalue weighted by molar-refractivity contribution is -0.136. The third kappa shape index (κ3) is 7.94. The highest BCUT2D eigenvalue weighted by Gasteiger charge is 2.27. The van der Waals surface area contributed by atoms with Crippen LogP contribution in [0.25, 0.3) is 0 Å². The molecular formula is C31H38N4O5. The van der Waals surface area contributed by atoms with Crippen molar-refractivity contribution in [2.45, 2.75) is 64.4 Å². The van der Waals surface area contributed by atoms with Gasteiger partial charge in [-0.15, -0.1) is 0 Å². The molecule has 9 heteroatoms. The van der Waals surface area contributed by atoms with Crippen molar-refractivity contribution in [1.29, 1.82) is 0 Å². The fraction of sp³-hybridized carbons (Fsp3) is 0.419. The number of carboxylic acid groups (broad SMARTS) is 1. The van der Waals surface area contributed by atoms with Gasteiger partial charge in [0.25, 0.3) is 0 Å². The fourth-order valence-corrected chi connectivity index (χ4v) is 4.90. The van der Waals surface area contributed by atoms with Crippen LogP contribution in [-0.4, -0.2) is 57.8 Å². The maximum absolute atomic E-state index is 12.4. The van der Waals surface area contributed by atoms with Crippen molar-refractivity contribution in [1.82, 2.24) is 14.9 Å².